The Hall–Kier alpha value is -3.67. The number of nitrogens with one attached hydrogen (secondary N) is 1. The van der Waals surface area contributed by atoms with E-state index in [1.165, 1.54) is 19.2 Å². The predicted octanol–water partition coefficient (Wildman–Crippen LogP) is 3.27. The van der Waals surface area contributed by atoms with Crippen molar-refractivity contribution in [3.8, 4) is 17.4 Å². The minimum Gasteiger partial charge on any atom is -0.497 e. The number of nitrogens with zero attached hydrogens (tertiary/aromatic N) is 5. The van der Waals surface area contributed by atoms with Crippen LogP contribution in [0.5, 0.6) is 11.6 Å². The smallest absolute Gasteiger partial charge is 0.434 e. The Morgan fingerprint density at radius 3 is 2.51 bits per heavy atom. The Morgan fingerprint density at radius 2 is 1.89 bits per heavy atom. The number of rotatable bonds is 8. The zero-order chi connectivity index (χ0) is 25.0. The fraction of sp³-hybridized carbons (Fsp3) is 0.391. The molecule has 1 atom stereocenters. The van der Waals surface area contributed by atoms with Gasteiger partial charge in [-0.2, -0.15) is 18.3 Å². The summed E-state index contributed by atoms with van der Waals surface area (Å²) in [7, 11) is 2.93. The zero-order valence-corrected chi connectivity index (χ0v) is 19.2. The average molecular weight is 490 g/mol. The number of halogens is 3. The molecule has 1 N–H and O–H groups in total. The average Bonchev–Trinajstić information content (AvgIpc) is 3.55. The molecule has 0 bridgehead atoms. The molecule has 0 aliphatic carbocycles. The lowest BCUT2D eigenvalue weighted by Crippen LogP contribution is -2.37. The van der Waals surface area contributed by atoms with E-state index in [0.717, 1.165) is 37.7 Å². The molecule has 3 heterocycles. The predicted molar refractivity (Wildman–Crippen MR) is 120 cm³/mol. The molecule has 1 aliphatic heterocycles. The van der Waals surface area contributed by atoms with E-state index in [1.807, 2.05) is 24.3 Å². The van der Waals surface area contributed by atoms with E-state index >= 15 is 0 Å². The summed E-state index contributed by atoms with van der Waals surface area (Å²) in [5.74, 6) is -0.266. The highest BCUT2D eigenvalue weighted by Gasteiger charge is 2.41. The number of amides is 1. The van der Waals surface area contributed by atoms with Crippen LogP contribution in [0.3, 0.4) is 0 Å². The number of benzene rings is 1. The molecule has 35 heavy (non-hydrogen) atoms. The quantitative estimate of drug-likeness (QED) is 0.518. The monoisotopic (exact) mass is 490 g/mol. The molecule has 1 saturated heterocycles. The normalized spacial score (nSPS) is 15.1. The number of hydrogen-bond acceptors (Lipinski definition) is 7. The number of alkyl halides is 3. The number of ether oxygens (including phenoxy) is 2. The number of carbonyl (C=O) groups is 1. The molecule has 2 aromatic heterocycles. The van der Waals surface area contributed by atoms with Crippen LogP contribution in [0.15, 0.2) is 42.6 Å². The molecular weight excluding hydrogens is 465 g/mol. The van der Waals surface area contributed by atoms with E-state index in [-0.39, 0.29) is 24.3 Å². The van der Waals surface area contributed by atoms with Gasteiger partial charge in [-0.15, -0.1) is 10.2 Å². The van der Waals surface area contributed by atoms with E-state index < -0.39 is 23.3 Å². The topological polar surface area (TPSA) is 94.4 Å². The Kier molecular flexibility index (Phi) is 7.20. The van der Waals surface area contributed by atoms with Crippen LogP contribution >= 0.6 is 0 Å². The van der Waals surface area contributed by atoms with Gasteiger partial charge >= 0.3 is 6.18 Å². The summed E-state index contributed by atoms with van der Waals surface area (Å²) in [6.45, 7) is 1.79. The summed E-state index contributed by atoms with van der Waals surface area (Å²) in [5.41, 5.74) is -0.915. The van der Waals surface area contributed by atoms with Crippen molar-refractivity contribution < 1.29 is 27.4 Å². The molecule has 1 aliphatic rings. The second-order valence-electron chi connectivity index (χ2n) is 8.00. The van der Waals surface area contributed by atoms with E-state index in [1.54, 1.807) is 7.11 Å². The lowest BCUT2D eigenvalue weighted by atomic mass is 10.0. The molecule has 1 aromatic carbocycles. The number of likely N-dealkylation sites (tertiary alicyclic amines) is 1. The maximum atomic E-state index is 14.0. The van der Waals surface area contributed by atoms with Gasteiger partial charge in [-0.25, -0.2) is 4.68 Å². The SMILES string of the molecule is COc1cccc(C(CNC(=O)c2cnn(-c3ccc(OC)nn3)c2C(F)(F)F)N2CCCC2)c1. The lowest BCUT2D eigenvalue weighted by molar-refractivity contribution is -0.143. The van der Waals surface area contributed by atoms with Crippen molar-refractivity contribution in [1.82, 2.24) is 30.2 Å². The van der Waals surface area contributed by atoms with Crippen molar-refractivity contribution in [1.29, 1.82) is 0 Å². The standard InChI is InChI=1S/C23H25F3N6O3/c1-34-16-7-5-6-15(12-16)18(31-10-3-4-11-31)14-27-22(33)17-13-28-32(21(17)23(24,25)26)19-8-9-20(35-2)30-29-19/h5-9,12-13,18H,3-4,10-11,14H2,1-2H3,(H,27,33). The Bertz CT molecular complexity index is 1160. The van der Waals surface area contributed by atoms with Gasteiger partial charge in [-0.1, -0.05) is 12.1 Å². The van der Waals surface area contributed by atoms with Crippen molar-refractivity contribution in [2.75, 3.05) is 33.9 Å². The van der Waals surface area contributed by atoms with E-state index in [4.69, 9.17) is 9.47 Å². The first-order valence-electron chi connectivity index (χ1n) is 11.0. The first-order chi connectivity index (χ1) is 16.8. The van der Waals surface area contributed by atoms with Crippen LogP contribution in [0.25, 0.3) is 5.82 Å². The number of aromatic nitrogens is 4. The van der Waals surface area contributed by atoms with Crippen molar-refractivity contribution in [2.24, 2.45) is 0 Å². The van der Waals surface area contributed by atoms with Gasteiger partial charge in [0.2, 0.25) is 5.88 Å². The molecule has 4 rings (SSSR count). The Morgan fingerprint density at radius 1 is 1.11 bits per heavy atom. The second kappa shape index (κ2) is 10.3. The third-order valence-electron chi connectivity index (χ3n) is 5.85. The summed E-state index contributed by atoms with van der Waals surface area (Å²) in [6, 6.07) is 9.88. The molecule has 0 saturated carbocycles. The second-order valence-corrected chi connectivity index (χ2v) is 8.00. The molecule has 0 radical (unpaired) electrons. The van der Waals surface area contributed by atoms with Crippen molar-refractivity contribution in [3.05, 3.63) is 59.4 Å². The summed E-state index contributed by atoms with van der Waals surface area (Å²) < 4.78 is 52.7. The Labute approximate surface area is 199 Å². The highest BCUT2D eigenvalue weighted by atomic mass is 19.4. The van der Waals surface area contributed by atoms with E-state index in [0.29, 0.717) is 10.4 Å². The fourth-order valence-corrected chi connectivity index (χ4v) is 4.14. The number of methoxy groups -OCH3 is 2. The first kappa shape index (κ1) is 24.5. The zero-order valence-electron chi connectivity index (χ0n) is 19.2. The molecule has 1 amide bonds. The van der Waals surface area contributed by atoms with Crippen LogP contribution in [-0.2, 0) is 6.18 Å². The third kappa shape index (κ3) is 5.37. The van der Waals surface area contributed by atoms with Crippen molar-refractivity contribution in [2.45, 2.75) is 25.1 Å². The molecule has 12 heteroatoms. The minimum absolute atomic E-state index is 0.122. The molecule has 1 fully saturated rings. The van der Waals surface area contributed by atoms with E-state index in [2.05, 4.69) is 25.5 Å². The van der Waals surface area contributed by atoms with Crippen LogP contribution in [0, 0.1) is 0 Å². The summed E-state index contributed by atoms with van der Waals surface area (Å²) in [6.07, 6.45) is -1.93. The van der Waals surface area contributed by atoms with Crippen molar-refractivity contribution in [3.63, 3.8) is 0 Å². The molecule has 9 nitrogen and oxygen atoms in total. The Balaban J connectivity index is 1.60. The number of hydrogen-bond donors (Lipinski definition) is 1. The summed E-state index contributed by atoms with van der Waals surface area (Å²) in [4.78, 5) is 15.2. The maximum absolute atomic E-state index is 14.0. The summed E-state index contributed by atoms with van der Waals surface area (Å²) in [5, 5.41) is 13.9. The molecule has 186 valence electrons. The van der Waals surface area contributed by atoms with Gasteiger partial charge in [0, 0.05) is 12.6 Å². The van der Waals surface area contributed by atoms with Gasteiger partial charge in [0.25, 0.3) is 5.91 Å². The number of carbonyl (C=O) groups excluding carboxylic acids is 1. The summed E-state index contributed by atoms with van der Waals surface area (Å²) >= 11 is 0. The lowest BCUT2D eigenvalue weighted by Gasteiger charge is -2.28. The van der Waals surface area contributed by atoms with E-state index in [9.17, 15) is 18.0 Å². The van der Waals surface area contributed by atoms with Gasteiger partial charge in [0.15, 0.2) is 11.5 Å². The van der Waals surface area contributed by atoms with Gasteiger partial charge in [-0.05, 0) is 49.7 Å². The van der Waals surface area contributed by atoms with Crippen LogP contribution in [0.2, 0.25) is 0 Å². The van der Waals surface area contributed by atoms with Gasteiger partial charge in [-0.3, -0.25) is 9.69 Å². The fourth-order valence-electron chi connectivity index (χ4n) is 4.14. The van der Waals surface area contributed by atoms with Gasteiger partial charge in [0.05, 0.1) is 32.0 Å². The minimum atomic E-state index is -4.86. The molecule has 0 spiro atoms. The highest BCUT2D eigenvalue weighted by molar-refractivity contribution is 5.95. The van der Waals surface area contributed by atoms with Crippen LogP contribution < -0.4 is 14.8 Å². The van der Waals surface area contributed by atoms with Crippen LogP contribution in [-0.4, -0.2) is 64.6 Å². The van der Waals surface area contributed by atoms with Crippen LogP contribution in [0.4, 0.5) is 13.2 Å². The maximum Gasteiger partial charge on any atom is 0.434 e. The van der Waals surface area contributed by atoms with Gasteiger partial charge < -0.3 is 14.8 Å². The highest BCUT2D eigenvalue weighted by Crippen LogP contribution is 2.34. The van der Waals surface area contributed by atoms with Crippen LogP contribution in [0.1, 0.15) is 40.5 Å². The molecular formula is C23H25F3N6O3. The third-order valence-corrected chi connectivity index (χ3v) is 5.85. The van der Waals surface area contributed by atoms with Gasteiger partial charge in [0.1, 0.15) is 5.75 Å². The van der Waals surface area contributed by atoms with Crippen molar-refractivity contribution >= 4 is 5.91 Å². The first-order valence-corrected chi connectivity index (χ1v) is 11.0. The molecule has 3 aromatic rings. The largest absolute Gasteiger partial charge is 0.497 e. The molecule has 1 unspecified atom stereocenters.